The number of methoxy groups -OCH3 is 1. The van der Waals surface area contributed by atoms with Gasteiger partial charge in [-0.15, -0.1) is 0 Å². The van der Waals surface area contributed by atoms with Crippen LogP contribution in [-0.4, -0.2) is 31.8 Å². The average molecular weight is 319 g/mol. The van der Waals surface area contributed by atoms with Crippen LogP contribution >= 0.6 is 0 Å². The van der Waals surface area contributed by atoms with Gasteiger partial charge in [0.25, 0.3) is 5.56 Å². The summed E-state index contributed by atoms with van der Waals surface area (Å²) in [5.74, 6) is 1.08. The summed E-state index contributed by atoms with van der Waals surface area (Å²) in [7, 11) is 1.60. The number of benzene rings is 1. The van der Waals surface area contributed by atoms with E-state index in [1.807, 2.05) is 30.5 Å². The molecule has 7 nitrogen and oxygen atoms in total. The lowest BCUT2D eigenvalue weighted by Crippen LogP contribution is -2.10. The number of hydrogen-bond acceptors (Lipinski definition) is 5. The molecular weight excluding hydrogens is 306 g/mol. The number of aromatic amines is 1. The molecule has 0 saturated heterocycles. The Hall–Kier alpha value is -3.48. The monoisotopic (exact) mass is 319 g/mol. The number of hydrogen-bond donors (Lipinski definition) is 1. The van der Waals surface area contributed by atoms with Gasteiger partial charge >= 0.3 is 0 Å². The van der Waals surface area contributed by atoms with Crippen molar-refractivity contribution in [2.24, 2.45) is 0 Å². The van der Waals surface area contributed by atoms with E-state index in [1.54, 1.807) is 30.4 Å². The summed E-state index contributed by atoms with van der Waals surface area (Å²) in [6.45, 7) is 0. The minimum Gasteiger partial charge on any atom is -0.481 e. The van der Waals surface area contributed by atoms with Crippen molar-refractivity contribution in [3.63, 3.8) is 0 Å². The molecule has 4 aromatic rings. The van der Waals surface area contributed by atoms with Gasteiger partial charge in [-0.3, -0.25) is 9.78 Å². The third-order valence-electron chi connectivity index (χ3n) is 3.73. The lowest BCUT2D eigenvalue weighted by atomic mass is 10.0. The third kappa shape index (κ3) is 2.32. The number of pyridine rings is 1. The third-order valence-corrected chi connectivity index (χ3v) is 3.73. The second kappa shape index (κ2) is 5.62. The van der Waals surface area contributed by atoms with E-state index in [4.69, 9.17) is 4.74 Å². The van der Waals surface area contributed by atoms with Crippen LogP contribution in [0.1, 0.15) is 0 Å². The summed E-state index contributed by atoms with van der Waals surface area (Å²) in [6.07, 6.45) is 8.07. The molecule has 0 aliphatic heterocycles. The first-order valence-electron chi connectivity index (χ1n) is 7.28. The maximum absolute atomic E-state index is 11.4. The molecule has 1 aromatic carbocycles. The summed E-state index contributed by atoms with van der Waals surface area (Å²) >= 11 is 0. The van der Waals surface area contributed by atoms with Gasteiger partial charge in [-0.05, 0) is 11.5 Å². The Morgan fingerprint density at radius 2 is 1.92 bits per heavy atom. The van der Waals surface area contributed by atoms with Gasteiger partial charge in [-0.25, -0.2) is 9.67 Å². The highest BCUT2D eigenvalue weighted by Gasteiger charge is 2.11. The number of nitrogens with zero attached hydrogens (tertiary/aromatic N) is 4. The summed E-state index contributed by atoms with van der Waals surface area (Å²) in [5.41, 5.74) is 1.54. The Labute approximate surface area is 136 Å². The van der Waals surface area contributed by atoms with Crippen LogP contribution < -0.4 is 10.3 Å². The number of H-pyrrole nitrogens is 1. The summed E-state index contributed by atoms with van der Waals surface area (Å²) in [6, 6.07) is 7.89. The standard InChI is InChI=1S/C17H13N5O2/c1-24-17-13-5-3-2-4-12(13)14(7-19-17)11-6-20-22(10-11)15-8-18-9-16(23)21-15/h2-10H,1H3,(H,21,23). The maximum atomic E-state index is 11.4. The quantitative estimate of drug-likeness (QED) is 0.625. The van der Waals surface area contributed by atoms with Gasteiger partial charge in [-0.1, -0.05) is 18.2 Å². The van der Waals surface area contributed by atoms with Gasteiger partial charge in [0.2, 0.25) is 5.88 Å². The summed E-state index contributed by atoms with van der Waals surface area (Å²) in [4.78, 5) is 22.3. The van der Waals surface area contributed by atoms with E-state index in [-0.39, 0.29) is 5.56 Å². The Morgan fingerprint density at radius 3 is 2.71 bits per heavy atom. The molecule has 3 aromatic heterocycles. The molecule has 0 aliphatic carbocycles. The molecule has 118 valence electrons. The molecule has 1 N–H and O–H groups in total. The van der Waals surface area contributed by atoms with Crippen LogP contribution in [0.4, 0.5) is 0 Å². The SMILES string of the molecule is COc1ncc(-c2cnn(-c3cncc(=O)[nH]3)c2)c2ccccc12. The number of ether oxygens (including phenoxy) is 1. The Morgan fingerprint density at radius 1 is 1.08 bits per heavy atom. The molecular formula is C17H13N5O2. The fraction of sp³-hybridized carbons (Fsp3) is 0.0588. The number of rotatable bonds is 3. The van der Waals surface area contributed by atoms with Crippen LogP contribution in [0.25, 0.3) is 27.7 Å². The van der Waals surface area contributed by atoms with Crippen molar-refractivity contribution in [2.45, 2.75) is 0 Å². The zero-order chi connectivity index (χ0) is 16.5. The average Bonchev–Trinajstić information content (AvgIpc) is 3.10. The highest BCUT2D eigenvalue weighted by Crippen LogP contribution is 2.32. The second-order valence-corrected chi connectivity index (χ2v) is 5.18. The minimum absolute atomic E-state index is 0.277. The topological polar surface area (TPSA) is 85.7 Å². The molecule has 7 heteroatoms. The highest BCUT2D eigenvalue weighted by atomic mass is 16.5. The Kier molecular flexibility index (Phi) is 3.31. The molecule has 4 rings (SSSR count). The molecule has 3 heterocycles. The van der Waals surface area contributed by atoms with Gasteiger partial charge < -0.3 is 9.72 Å². The summed E-state index contributed by atoms with van der Waals surface area (Å²) in [5, 5.41) is 6.25. The number of fused-ring (bicyclic) bond motifs is 1. The van der Waals surface area contributed by atoms with Gasteiger partial charge in [0, 0.05) is 28.9 Å². The molecule has 0 atom stereocenters. The zero-order valence-corrected chi connectivity index (χ0v) is 12.8. The zero-order valence-electron chi connectivity index (χ0n) is 12.8. The minimum atomic E-state index is -0.277. The molecule has 0 bridgehead atoms. The van der Waals surface area contributed by atoms with Gasteiger partial charge in [0.15, 0.2) is 5.82 Å². The second-order valence-electron chi connectivity index (χ2n) is 5.18. The predicted molar refractivity (Wildman–Crippen MR) is 89.3 cm³/mol. The predicted octanol–water partition coefficient (Wildman–Crippen LogP) is 2.18. The fourth-order valence-electron chi connectivity index (χ4n) is 2.64. The smallest absolute Gasteiger partial charge is 0.267 e. The highest BCUT2D eigenvalue weighted by molar-refractivity contribution is 5.98. The van der Waals surface area contributed by atoms with Crippen LogP contribution in [0.3, 0.4) is 0 Å². The first-order valence-corrected chi connectivity index (χ1v) is 7.28. The largest absolute Gasteiger partial charge is 0.481 e. The van der Waals surface area contributed by atoms with Crippen molar-refractivity contribution in [3.8, 4) is 22.8 Å². The van der Waals surface area contributed by atoms with Gasteiger partial charge in [0.1, 0.15) is 0 Å². The number of aromatic nitrogens is 5. The molecule has 0 unspecified atom stereocenters. The normalized spacial score (nSPS) is 10.9. The van der Waals surface area contributed by atoms with Crippen LogP contribution in [0.15, 0.2) is 60.0 Å². The molecule has 0 aliphatic rings. The van der Waals surface area contributed by atoms with Crippen LogP contribution in [0.2, 0.25) is 0 Å². The van der Waals surface area contributed by atoms with Gasteiger partial charge in [-0.2, -0.15) is 5.10 Å². The Balaban J connectivity index is 1.86. The van der Waals surface area contributed by atoms with E-state index in [0.717, 1.165) is 21.9 Å². The lowest BCUT2D eigenvalue weighted by Gasteiger charge is -2.08. The fourth-order valence-corrected chi connectivity index (χ4v) is 2.64. The van der Waals surface area contributed by atoms with Crippen molar-refractivity contribution < 1.29 is 4.74 Å². The van der Waals surface area contributed by atoms with E-state index in [9.17, 15) is 4.79 Å². The van der Waals surface area contributed by atoms with Crippen LogP contribution in [0, 0.1) is 0 Å². The molecule has 0 saturated carbocycles. The maximum Gasteiger partial charge on any atom is 0.267 e. The first kappa shape index (κ1) is 14.1. The molecule has 0 spiro atoms. The van der Waals surface area contributed by atoms with Crippen LogP contribution in [-0.2, 0) is 0 Å². The van der Waals surface area contributed by atoms with Crippen molar-refractivity contribution in [1.82, 2.24) is 24.7 Å². The first-order chi connectivity index (χ1) is 11.8. The van der Waals surface area contributed by atoms with E-state index >= 15 is 0 Å². The van der Waals surface area contributed by atoms with Gasteiger partial charge in [0.05, 0.1) is 25.7 Å². The molecule has 24 heavy (non-hydrogen) atoms. The van der Waals surface area contributed by atoms with E-state index in [0.29, 0.717) is 11.7 Å². The van der Waals surface area contributed by atoms with E-state index < -0.39 is 0 Å². The van der Waals surface area contributed by atoms with Crippen molar-refractivity contribution in [2.75, 3.05) is 7.11 Å². The molecule has 0 radical (unpaired) electrons. The Bertz CT molecular complexity index is 1080. The van der Waals surface area contributed by atoms with Crippen molar-refractivity contribution in [1.29, 1.82) is 0 Å². The summed E-state index contributed by atoms with van der Waals surface area (Å²) < 4.78 is 6.90. The van der Waals surface area contributed by atoms with E-state index in [2.05, 4.69) is 20.1 Å². The van der Waals surface area contributed by atoms with Crippen molar-refractivity contribution in [3.05, 3.63) is 65.6 Å². The molecule has 0 fully saturated rings. The van der Waals surface area contributed by atoms with E-state index in [1.165, 1.54) is 6.20 Å². The lowest BCUT2D eigenvalue weighted by molar-refractivity contribution is 0.403. The van der Waals surface area contributed by atoms with Crippen LogP contribution in [0.5, 0.6) is 5.88 Å². The number of nitrogens with one attached hydrogen (secondary N) is 1. The van der Waals surface area contributed by atoms with Crippen molar-refractivity contribution >= 4 is 10.8 Å². The molecule has 0 amide bonds.